The van der Waals surface area contributed by atoms with Crippen molar-refractivity contribution in [2.45, 2.75) is 31.5 Å². The molecule has 8 nitrogen and oxygen atoms in total. The molecule has 2 aromatic heterocycles. The minimum atomic E-state index is -4.48. The molecule has 180 valence electrons. The molecule has 3 aromatic rings. The average Bonchev–Trinajstić information content (AvgIpc) is 3.29. The molecular formula is C22H23ClF3N7O. The Morgan fingerprint density at radius 2 is 1.94 bits per heavy atom. The van der Waals surface area contributed by atoms with Gasteiger partial charge in [0.2, 0.25) is 0 Å². The summed E-state index contributed by atoms with van der Waals surface area (Å²) in [6, 6.07) is 5.34. The molecule has 0 bridgehead atoms. The van der Waals surface area contributed by atoms with Crippen LogP contribution in [0.3, 0.4) is 0 Å². The van der Waals surface area contributed by atoms with Crippen molar-refractivity contribution in [3.63, 3.8) is 0 Å². The lowest BCUT2D eigenvalue weighted by Crippen LogP contribution is -2.34. The van der Waals surface area contributed by atoms with Crippen LogP contribution in [-0.4, -0.2) is 58.5 Å². The van der Waals surface area contributed by atoms with E-state index in [9.17, 15) is 13.2 Å². The van der Waals surface area contributed by atoms with Crippen LogP contribution < -0.4 is 10.2 Å². The number of nitrogens with zero attached hydrogens (tertiary/aromatic N) is 6. The molecule has 0 radical (unpaired) electrons. The molecular weight excluding hydrogens is 471 g/mol. The fraction of sp³-hybridized carbons (Fsp3) is 0.455. The molecule has 0 atom stereocenters. The van der Waals surface area contributed by atoms with E-state index in [2.05, 4.69) is 37.6 Å². The largest absolute Gasteiger partial charge is 0.416 e. The minimum Gasteiger partial charge on any atom is -0.365 e. The number of hydrogen-bond acceptors (Lipinski definition) is 8. The predicted molar refractivity (Wildman–Crippen MR) is 121 cm³/mol. The van der Waals surface area contributed by atoms with Crippen LogP contribution >= 0.6 is 11.6 Å². The summed E-state index contributed by atoms with van der Waals surface area (Å²) in [4.78, 5) is 8.62. The van der Waals surface area contributed by atoms with Crippen molar-refractivity contribution in [3.8, 4) is 11.6 Å². The first-order chi connectivity index (χ1) is 16.3. The predicted octanol–water partition coefficient (Wildman–Crippen LogP) is 4.44. The number of benzene rings is 1. The van der Waals surface area contributed by atoms with Gasteiger partial charge in [0.05, 0.1) is 11.3 Å². The zero-order chi connectivity index (χ0) is 23.9. The maximum atomic E-state index is 13.6. The van der Waals surface area contributed by atoms with Crippen LogP contribution in [0.4, 0.5) is 24.7 Å². The van der Waals surface area contributed by atoms with Crippen LogP contribution in [0.5, 0.6) is 0 Å². The summed E-state index contributed by atoms with van der Waals surface area (Å²) in [5, 5.41) is 16.0. The van der Waals surface area contributed by atoms with Crippen molar-refractivity contribution < 1.29 is 17.7 Å². The van der Waals surface area contributed by atoms with E-state index in [0.29, 0.717) is 36.1 Å². The second-order valence-electron chi connectivity index (χ2n) is 8.65. The lowest BCUT2D eigenvalue weighted by atomic mass is 9.97. The Bertz CT molecular complexity index is 1180. The summed E-state index contributed by atoms with van der Waals surface area (Å²) in [6.07, 6.45) is -2.58. The van der Waals surface area contributed by atoms with Crippen LogP contribution in [0.25, 0.3) is 11.6 Å². The molecule has 0 aliphatic carbocycles. The molecule has 0 unspecified atom stereocenters. The van der Waals surface area contributed by atoms with Gasteiger partial charge in [-0.15, -0.1) is 10.2 Å². The zero-order valence-electron chi connectivity index (χ0n) is 18.4. The number of nitrogens with one attached hydrogen (secondary N) is 1. The van der Waals surface area contributed by atoms with Crippen molar-refractivity contribution in [2.75, 3.05) is 43.4 Å². The highest BCUT2D eigenvalue weighted by molar-refractivity contribution is 6.30. The quantitative estimate of drug-likeness (QED) is 0.571. The average molecular weight is 494 g/mol. The maximum absolute atomic E-state index is 13.6. The van der Waals surface area contributed by atoms with Gasteiger partial charge in [0, 0.05) is 30.6 Å². The molecule has 0 spiro atoms. The number of rotatable bonds is 4. The molecule has 0 saturated carbocycles. The number of likely N-dealkylation sites (tertiary alicyclic amines) is 1. The van der Waals surface area contributed by atoms with Crippen LogP contribution in [0.15, 0.2) is 28.8 Å². The standard InChI is InChI=1S/C22H23ClF3N7O/c1-32-7-4-13(5-8-32)19-28-21(34-31-19)17-11-18-20(30-29-17)27-6-9-33(18)12-14-10-15(23)2-3-16(14)22(24,25)26/h2-3,10-11,13H,4-9,12H2,1H3,(H,27,30). The topological polar surface area (TPSA) is 83.2 Å². The van der Waals surface area contributed by atoms with Crippen molar-refractivity contribution >= 4 is 23.1 Å². The molecule has 1 aromatic carbocycles. The summed E-state index contributed by atoms with van der Waals surface area (Å²) in [7, 11) is 2.08. The Balaban J connectivity index is 1.42. The van der Waals surface area contributed by atoms with Gasteiger partial charge in [0.15, 0.2) is 17.3 Å². The Labute approximate surface area is 199 Å². The molecule has 2 aliphatic heterocycles. The Kier molecular flexibility index (Phi) is 6.07. The van der Waals surface area contributed by atoms with Crippen molar-refractivity contribution in [2.24, 2.45) is 0 Å². The maximum Gasteiger partial charge on any atom is 0.416 e. The first kappa shape index (κ1) is 22.9. The van der Waals surface area contributed by atoms with Gasteiger partial charge in [-0.25, -0.2) is 0 Å². The molecule has 1 fully saturated rings. The number of fused-ring (bicyclic) bond motifs is 1. The third-order valence-corrected chi connectivity index (χ3v) is 6.50. The molecule has 2 aliphatic rings. The van der Waals surface area contributed by atoms with E-state index in [1.807, 2.05) is 4.90 Å². The fourth-order valence-electron chi connectivity index (χ4n) is 4.39. The van der Waals surface area contributed by atoms with E-state index in [1.54, 1.807) is 6.07 Å². The number of anilines is 2. The summed E-state index contributed by atoms with van der Waals surface area (Å²) < 4.78 is 46.2. The molecule has 34 heavy (non-hydrogen) atoms. The monoisotopic (exact) mass is 493 g/mol. The van der Waals surface area contributed by atoms with Crippen molar-refractivity contribution in [3.05, 3.63) is 46.2 Å². The number of alkyl halides is 3. The third kappa shape index (κ3) is 4.67. The minimum absolute atomic E-state index is 0.0138. The summed E-state index contributed by atoms with van der Waals surface area (Å²) in [5.41, 5.74) is 0.372. The lowest BCUT2D eigenvalue weighted by Gasteiger charge is -2.31. The number of piperidine rings is 1. The van der Waals surface area contributed by atoms with Crippen LogP contribution in [-0.2, 0) is 12.7 Å². The molecule has 4 heterocycles. The number of hydrogen-bond donors (Lipinski definition) is 1. The van der Waals surface area contributed by atoms with E-state index in [1.165, 1.54) is 12.1 Å². The van der Waals surface area contributed by atoms with Gasteiger partial charge < -0.3 is 19.6 Å². The van der Waals surface area contributed by atoms with E-state index >= 15 is 0 Å². The Morgan fingerprint density at radius 1 is 1.15 bits per heavy atom. The molecule has 1 N–H and O–H groups in total. The first-order valence-corrected chi connectivity index (χ1v) is 11.4. The van der Waals surface area contributed by atoms with E-state index in [-0.39, 0.29) is 28.9 Å². The zero-order valence-corrected chi connectivity index (χ0v) is 19.2. The lowest BCUT2D eigenvalue weighted by molar-refractivity contribution is -0.138. The van der Waals surface area contributed by atoms with Gasteiger partial charge in [-0.3, -0.25) is 0 Å². The van der Waals surface area contributed by atoms with Gasteiger partial charge in [0.1, 0.15) is 0 Å². The van der Waals surface area contributed by atoms with Crippen LogP contribution in [0, 0.1) is 0 Å². The molecule has 0 amide bonds. The van der Waals surface area contributed by atoms with Crippen molar-refractivity contribution in [1.29, 1.82) is 0 Å². The number of aromatic nitrogens is 4. The summed E-state index contributed by atoms with van der Waals surface area (Å²) in [6.45, 7) is 2.95. The Morgan fingerprint density at radius 3 is 2.71 bits per heavy atom. The molecule has 1 saturated heterocycles. The normalized spacial score (nSPS) is 17.5. The highest BCUT2D eigenvalue weighted by atomic mass is 35.5. The smallest absolute Gasteiger partial charge is 0.365 e. The van der Waals surface area contributed by atoms with Gasteiger partial charge in [0.25, 0.3) is 5.89 Å². The van der Waals surface area contributed by atoms with Crippen LogP contribution in [0.1, 0.15) is 35.7 Å². The summed E-state index contributed by atoms with van der Waals surface area (Å²) in [5.74, 6) is 1.60. The van der Waals surface area contributed by atoms with E-state index in [0.717, 1.165) is 32.0 Å². The second-order valence-corrected chi connectivity index (χ2v) is 9.08. The fourth-order valence-corrected chi connectivity index (χ4v) is 4.59. The van der Waals surface area contributed by atoms with Crippen LogP contribution in [0.2, 0.25) is 5.02 Å². The van der Waals surface area contributed by atoms with Gasteiger partial charge in [-0.2, -0.15) is 18.2 Å². The highest BCUT2D eigenvalue weighted by Crippen LogP contribution is 2.37. The molecule has 5 rings (SSSR count). The summed E-state index contributed by atoms with van der Waals surface area (Å²) >= 11 is 6.01. The van der Waals surface area contributed by atoms with E-state index in [4.69, 9.17) is 16.1 Å². The van der Waals surface area contributed by atoms with Crippen molar-refractivity contribution in [1.82, 2.24) is 25.2 Å². The van der Waals surface area contributed by atoms with Gasteiger partial charge in [-0.1, -0.05) is 16.8 Å². The molecule has 12 heteroatoms. The second kappa shape index (κ2) is 9.03. The van der Waals surface area contributed by atoms with Gasteiger partial charge in [-0.05, 0) is 62.8 Å². The van der Waals surface area contributed by atoms with Gasteiger partial charge >= 0.3 is 6.18 Å². The third-order valence-electron chi connectivity index (χ3n) is 6.27. The first-order valence-electron chi connectivity index (χ1n) is 11.0. The van der Waals surface area contributed by atoms with E-state index < -0.39 is 11.7 Å². The SMILES string of the molecule is CN1CCC(c2noc(-c3cc4c(nn3)NCCN4Cc3cc(Cl)ccc3C(F)(F)F)n2)CC1. The highest BCUT2D eigenvalue weighted by Gasteiger charge is 2.34. The Hall–Kier alpha value is -2.92. The number of halogens is 4.